The highest BCUT2D eigenvalue weighted by molar-refractivity contribution is 9.10. The zero-order valence-corrected chi connectivity index (χ0v) is 11.8. The van der Waals surface area contributed by atoms with E-state index in [1.807, 2.05) is 11.4 Å². The maximum atomic E-state index is 6.04. The summed E-state index contributed by atoms with van der Waals surface area (Å²) >= 11 is 4.94. The van der Waals surface area contributed by atoms with Gasteiger partial charge in [0, 0.05) is 11.6 Å². The van der Waals surface area contributed by atoms with Gasteiger partial charge in [-0.1, -0.05) is 5.16 Å². The van der Waals surface area contributed by atoms with Gasteiger partial charge >= 0.3 is 0 Å². The van der Waals surface area contributed by atoms with Crippen LogP contribution in [0.25, 0.3) is 10.8 Å². The van der Waals surface area contributed by atoms with Crippen LogP contribution in [0.4, 0.5) is 0 Å². The monoisotopic (exact) mass is 317 g/mol. The lowest BCUT2D eigenvalue weighted by Crippen LogP contribution is -2.38. The number of hydrogen-bond acceptors (Lipinski definition) is 6. The molecule has 0 amide bonds. The molecule has 0 aromatic carbocycles. The number of halogens is 1. The predicted molar refractivity (Wildman–Crippen MR) is 68.7 cm³/mol. The number of aromatic nitrogens is 2. The summed E-state index contributed by atoms with van der Waals surface area (Å²) in [6.07, 6.45) is 0. The van der Waals surface area contributed by atoms with Crippen LogP contribution in [-0.2, 0) is 10.3 Å². The van der Waals surface area contributed by atoms with Crippen molar-refractivity contribution in [2.75, 3.05) is 13.7 Å². The summed E-state index contributed by atoms with van der Waals surface area (Å²) in [6.45, 7) is 2.13. The average molecular weight is 318 g/mol. The number of nitrogens with two attached hydrogens (primary N) is 1. The number of thiophene rings is 1. The summed E-state index contributed by atoms with van der Waals surface area (Å²) in [5.41, 5.74) is 5.29. The molecule has 0 radical (unpaired) electrons. The van der Waals surface area contributed by atoms with Gasteiger partial charge in [-0.15, -0.1) is 11.3 Å². The standard InChI is InChI=1S/C10H12BrN3O2S/c1-10(12,5-15-2)9-13-8(16-14-9)7-6(11)3-4-17-7/h3-4H,5,12H2,1-2H3. The number of methoxy groups -OCH3 is 1. The van der Waals surface area contributed by atoms with Gasteiger partial charge in [0.15, 0.2) is 5.82 Å². The van der Waals surface area contributed by atoms with Crippen molar-refractivity contribution in [2.24, 2.45) is 5.73 Å². The Bertz CT molecular complexity index is 509. The Balaban J connectivity index is 2.31. The number of hydrogen-bond donors (Lipinski definition) is 1. The van der Waals surface area contributed by atoms with E-state index in [1.165, 1.54) is 11.3 Å². The molecule has 17 heavy (non-hydrogen) atoms. The molecule has 2 aromatic heterocycles. The minimum Gasteiger partial charge on any atom is -0.382 e. The van der Waals surface area contributed by atoms with Crippen molar-refractivity contribution >= 4 is 27.3 Å². The van der Waals surface area contributed by atoms with Crippen LogP contribution in [0.15, 0.2) is 20.4 Å². The van der Waals surface area contributed by atoms with Crippen molar-refractivity contribution < 1.29 is 9.26 Å². The Morgan fingerprint density at radius 3 is 3.00 bits per heavy atom. The number of nitrogens with zero attached hydrogens (tertiary/aromatic N) is 2. The highest BCUT2D eigenvalue weighted by Gasteiger charge is 2.28. The zero-order valence-electron chi connectivity index (χ0n) is 9.44. The van der Waals surface area contributed by atoms with Crippen molar-refractivity contribution in [1.29, 1.82) is 0 Å². The highest BCUT2D eigenvalue weighted by atomic mass is 79.9. The maximum Gasteiger partial charge on any atom is 0.269 e. The van der Waals surface area contributed by atoms with Gasteiger partial charge in [0.1, 0.15) is 10.4 Å². The second-order valence-corrected chi connectivity index (χ2v) is 5.64. The molecule has 0 aliphatic carbocycles. The molecule has 7 heteroatoms. The van der Waals surface area contributed by atoms with Crippen molar-refractivity contribution in [3.8, 4) is 10.8 Å². The highest BCUT2D eigenvalue weighted by Crippen LogP contribution is 2.32. The van der Waals surface area contributed by atoms with E-state index >= 15 is 0 Å². The third-order valence-corrected chi connectivity index (χ3v) is 4.02. The molecule has 92 valence electrons. The lowest BCUT2D eigenvalue weighted by Gasteiger charge is -2.18. The molecular formula is C10H12BrN3O2S. The SMILES string of the molecule is COCC(C)(N)c1noc(-c2sccc2Br)n1. The van der Waals surface area contributed by atoms with Crippen molar-refractivity contribution in [3.63, 3.8) is 0 Å². The van der Waals surface area contributed by atoms with Gasteiger partial charge in [0.25, 0.3) is 5.89 Å². The van der Waals surface area contributed by atoms with E-state index in [4.69, 9.17) is 15.0 Å². The normalized spacial score (nSPS) is 14.8. The third kappa shape index (κ3) is 2.57. The zero-order chi connectivity index (χ0) is 12.5. The third-order valence-electron chi connectivity index (χ3n) is 2.19. The molecular weight excluding hydrogens is 306 g/mol. The molecule has 2 N–H and O–H groups in total. The molecule has 0 spiro atoms. The summed E-state index contributed by atoms with van der Waals surface area (Å²) < 4.78 is 11.2. The van der Waals surface area contributed by atoms with Crippen LogP contribution in [0.2, 0.25) is 0 Å². The van der Waals surface area contributed by atoms with E-state index in [0.29, 0.717) is 18.3 Å². The number of ether oxygens (including phenoxy) is 1. The summed E-state index contributed by atoms with van der Waals surface area (Å²) in [6, 6.07) is 1.93. The minimum absolute atomic E-state index is 0.331. The van der Waals surface area contributed by atoms with Crippen LogP contribution in [0.5, 0.6) is 0 Å². The van der Waals surface area contributed by atoms with Crippen molar-refractivity contribution in [1.82, 2.24) is 10.1 Å². The molecule has 1 atom stereocenters. The average Bonchev–Trinajstić information content (AvgIpc) is 2.85. The van der Waals surface area contributed by atoms with Crippen LogP contribution in [0.3, 0.4) is 0 Å². The van der Waals surface area contributed by atoms with Gasteiger partial charge in [0.2, 0.25) is 0 Å². The Kier molecular flexibility index (Phi) is 3.62. The summed E-state index contributed by atoms with van der Waals surface area (Å²) in [5.74, 6) is 0.907. The summed E-state index contributed by atoms with van der Waals surface area (Å²) in [7, 11) is 1.59. The lowest BCUT2D eigenvalue weighted by molar-refractivity contribution is 0.135. The van der Waals surface area contributed by atoms with Gasteiger partial charge in [-0.3, -0.25) is 0 Å². The molecule has 5 nitrogen and oxygen atoms in total. The maximum absolute atomic E-state index is 6.04. The Hall–Kier alpha value is -0.760. The van der Waals surface area contributed by atoms with Crippen LogP contribution < -0.4 is 5.73 Å². The van der Waals surface area contributed by atoms with E-state index in [2.05, 4.69) is 26.1 Å². The van der Waals surface area contributed by atoms with E-state index in [-0.39, 0.29) is 0 Å². The lowest BCUT2D eigenvalue weighted by atomic mass is 10.1. The van der Waals surface area contributed by atoms with Crippen molar-refractivity contribution in [2.45, 2.75) is 12.5 Å². The van der Waals surface area contributed by atoms with Crippen LogP contribution in [0, 0.1) is 0 Å². The molecule has 2 heterocycles. The molecule has 2 rings (SSSR count). The second-order valence-electron chi connectivity index (χ2n) is 3.87. The van der Waals surface area contributed by atoms with Crippen LogP contribution >= 0.6 is 27.3 Å². The van der Waals surface area contributed by atoms with Crippen molar-refractivity contribution in [3.05, 3.63) is 21.7 Å². The van der Waals surface area contributed by atoms with E-state index in [1.54, 1.807) is 14.0 Å². The first-order valence-electron chi connectivity index (χ1n) is 4.90. The van der Waals surface area contributed by atoms with E-state index in [9.17, 15) is 0 Å². The molecule has 0 fully saturated rings. The van der Waals surface area contributed by atoms with Gasteiger partial charge < -0.3 is 15.0 Å². The minimum atomic E-state index is -0.750. The predicted octanol–water partition coefficient (Wildman–Crippen LogP) is 2.38. The largest absolute Gasteiger partial charge is 0.382 e. The fourth-order valence-electron chi connectivity index (χ4n) is 1.36. The van der Waals surface area contributed by atoms with E-state index < -0.39 is 5.54 Å². The molecule has 0 saturated carbocycles. The van der Waals surface area contributed by atoms with Crippen LogP contribution in [0.1, 0.15) is 12.7 Å². The summed E-state index contributed by atoms with van der Waals surface area (Å²) in [5, 5.41) is 5.84. The summed E-state index contributed by atoms with van der Waals surface area (Å²) in [4.78, 5) is 5.20. The van der Waals surface area contributed by atoms with Crippen LogP contribution in [-0.4, -0.2) is 23.9 Å². The first-order valence-corrected chi connectivity index (χ1v) is 6.57. The number of rotatable bonds is 4. The fourth-order valence-corrected chi connectivity index (χ4v) is 2.82. The molecule has 0 bridgehead atoms. The Morgan fingerprint density at radius 2 is 2.41 bits per heavy atom. The second kappa shape index (κ2) is 4.85. The van der Waals surface area contributed by atoms with Gasteiger partial charge in [-0.2, -0.15) is 4.98 Å². The smallest absolute Gasteiger partial charge is 0.269 e. The van der Waals surface area contributed by atoms with E-state index in [0.717, 1.165) is 9.35 Å². The molecule has 0 aliphatic rings. The van der Waals surface area contributed by atoms with Gasteiger partial charge in [-0.05, 0) is 34.3 Å². The molecule has 2 aromatic rings. The van der Waals surface area contributed by atoms with Gasteiger partial charge in [0.05, 0.1) is 6.61 Å². The van der Waals surface area contributed by atoms with Gasteiger partial charge in [-0.25, -0.2) is 0 Å². The molecule has 0 saturated heterocycles. The quantitative estimate of drug-likeness (QED) is 0.937. The topological polar surface area (TPSA) is 74.2 Å². The fraction of sp³-hybridized carbons (Fsp3) is 0.400. The Labute approximate surface area is 111 Å². The molecule has 1 unspecified atom stereocenters. The molecule has 0 aliphatic heterocycles. The Morgan fingerprint density at radius 1 is 1.65 bits per heavy atom. The first kappa shape index (κ1) is 12.7. The first-order chi connectivity index (χ1) is 8.04.